The van der Waals surface area contributed by atoms with Crippen molar-refractivity contribution in [3.05, 3.63) is 0 Å². The van der Waals surface area contributed by atoms with Gasteiger partial charge in [0.2, 0.25) is 0 Å². The Kier molecular flexibility index (Phi) is 3.56. The molecule has 7 heavy (non-hydrogen) atoms. The molecule has 0 spiro atoms. The third kappa shape index (κ3) is 3.43. The molecule has 0 N–H and O–H groups in total. The Balaban J connectivity index is 2.98. The van der Waals surface area contributed by atoms with E-state index >= 15 is 0 Å². The topological polar surface area (TPSA) is 17.1 Å². The molecule has 2 heteroatoms. The van der Waals surface area contributed by atoms with Gasteiger partial charge in [0.1, 0.15) is 6.29 Å². The maximum Gasteiger partial charge on any atom is 0.122 e. The molecule has 0 saturated carbocycles. The molecule has 0 aliphatic carbocycles. The number of alkyl halides is 1. The van der Waals surface area contributed by atoms with E-state index in [0.717, 1.165) is 6.29 Å². The number of carbonyl (C=O) groups is 1. The van der Waals surface area contributed by atoms with E-state index in [0.29, 0.717) is 6.42 Å². The van der Waals surface area contributed by atoms with E-state index in [-0.39, 0.29) is 12.6 Å². The third-order valence-electron chi connectivity index (χ3n) is 0.797. The van der Waals surface area contributed by atoms with Crippen molar-refractivity contribution in [2.24, 2.45) is 5.92 Å². The first kappa shape index (κ1) is 6.60. The molecule has 0 aromatic heterocycles. The Morgan fingerprint density at radius 2 is 2.43 bits per heavy atom. The molecule has 0 aliphatic rings. The molecule has 0 radical (unpaired) electrons. The van der Waals surface area contributed by atoms with Gasteiger partial charge in [0, 0.05) is 5.92 Å². The molecule has 0 bridgehead atoms. The second kappa shape index (κ2) is 3.78. The second-order valence-electron chi connectivity index (χ2n) is 1.59. The molecule has 1 nitrogen and oxygen atoms in total. The van der Waals surface area contributed by atoms with Gasteiger partial charge in [0.25, 0.3) is 0 Å². The molecule has 0 saturated heterocycles. The Bertz CT molecular complexity index is 54.0. The van der Waals surface area contributed by atoms with E-state index in [1.807, 2.05) is 0 Å². The van der Waals surface area contributed by atoms with Crippen molar-refractivity contribution in [1.82, 2.24) is 0 Å². The third-order valence-corrected chi connectivity index (χ3v) is 0.797. The zero-order valence-corrected chi connectivity index (χ0v) is 4.36. The van der Waals surface area contributed by atoms with Crippen LogP contribution in [0.1, 0.15) is 13.3 Å². The zero-order valence-electron chi connectivity index (χ0n) is 4.36. The molecule has 0 fully saturated rings. The van der Waals surface area contributed by atoms with Crippen LogP contribution in [0, 0.1) is 5.92 Å². The highest BCUT2D eigenvalue weighted by atomic mass is 19.1. The van der Waals surface area contributed by atoms with Crippen LogP contribution in [-0.2, 0) is 4.79 Å². The number of halogens is 1. The Morgan fingerprint density at radius 1 is 1.86 bits per heavy atom. The quantitative estimate of drug-likeness (QED) is 0.491. The monoisotopic (exact) mass is 104 g/mol. The highest BCUT2D eigenvalue weighted by Gasteiger charge is 1.95. The lowest BCUT2D eigenvalue weighted by Crippen LogP contribution is -1.95. The fraction of sp³-hybridized carbons (Fsp3) is 0.800. The Morgan fingerprint density at radius 3 is 2.57 bits per heavy atom. The van der Waals surface area contributed by atoms with Crippen molar-refractivity contribution in [3.8, 4) is 0 Å². The van der Waals surface area contributed by atoms with Crippen LogP contribution in [0.15, 0.2) is 0 Å². The molecule has 42 valence electrons. The lowest BCUT2D eigenvalue weighted by atomic mass is 10.1. The van der Waals surface area contributed by atoms with Crippen molar-refractivity contribution >= 4 is 6.29 Å². The summed E-state index contributed by atoms with van der Waals surface area (Å²) in [5.74, 6) is -0.106. The van der Waals surface area contributed by atoms with E-state index in [2.05, 4.69) is 0 Å². The number of carbonyl (C=O) groups excluding carboxylic acids is 1. The molecular weight excluding hydrogens is 95.1 g/mol. The average Bonchev–Trinajstić information content (AvgIpc) is 1.68. The van der Waals surface area contributed by atoms with Crippen molar-refractivity contribution in [3.63, 3.8) is 0 Å². The summed E-state index contributed by atoms with van der Waals surface area (Å²) in [6.07, 6.45) is 1.13. The number of hydrogen-bond donors (Lipinski definition) is 0. The van der Waals surface area contributed by atoms with Crippen LogP contribution in [0.25, 0.3) is 0 Å². The largest absolute Gasteiger partial charge is 0.303 e. The zero-order chi connectivity index (χ0) is 5.70. The van der Waals surface area contributed by atoms with Gasteiger partial charge in [-0.2, -0.15) is 0 Å². The van der Waals surface area contributed by atoms with Gasteiger partial charge in [-0.3, -0.25) is 4.39 Å². The van der Waals surface area contributed by atoms with E-state index in [1.54, 1.807) is 6.92 Å². The molecule has 0 heterocycles. The highest BCUT2D eigenvalue weighted by molar-refractivity contribution is 5.52. The van der Waals surface area contributed by atoms with Crippen molar-refractivity contribution < 1.29 is 9.18 Å². The fourth-order valence-electron chi connectivity index (χ4n) is 0.240. The number of rotatable bonds is 3. The molecule has 1 unspecified atom stereocenters. The first-order valence-corrected chi connectivity index (χ1v) is 2.32. The van der Waals surface area contributed by atoms with Crippen molar-refractivity contribution in [2.75, 3.05) is 6.67 Å². The first-order valence-electron chi connectivity index (χ1n) is 2.32. The van der Waals surface area contributed by atoms with Crippen LogP contribution in [0.3, 0.4) is 0 Å². The summed E-state index contributed by atoms with van der Waals surface area (Å²) in [5.41, 5.74) is 0. The summed E-state index contributed by atoms with van der Waals surface area (Å²) in [6.45, 7) is 1.31. The van der Waals surface area contributed by atoms with E-state index in [1.165, 1.54) is 0 Å². The lowest BCUT2D eigenvalue weighted by Gasteiger charge is -1.92. The maximum atomic E-state index is 11.3. The molecular formula is C5H9FO. The molecule has 0 rings (SSSR count). The molecule has 0 aromatic carbocycles. The highest BCUT2D eigenvalue weighted by Crippen LogP contribution is 1.95. The molecule has 0 amide bonds. The van der Waals surface area contributed by atoms with Crippen LogP contribution >= 0.6 is 0 Å². The fourth-order valence-corrected chi connectivity index (χ4v) is 0.240. The predicted molar refractivity (Wildman–Crippen MR) is 25.8 cm³/mol. The molecule has 0 aromatic rings. The van der Waals surface area contributed by atoms with Gasteiger partial charge in [-0.15, -0.1) is 0 Å². The minimum atomic E-state index is -0.389. The Hall–Kier alpha value is -0.400. The van der Waals surface area contributed by atoms with E-state index in [9.17, 15) is 9.18 Å². The van der Waals surface area contributed by atoms with Gasteiger partial charge in [-0.1, -0.05) is 6.92 Å². The van der Waals surface area contributed by atoms with Gasteiger partial charge in [0.15, 0.2) is 0 Å². The van der Waals surface area contributed by atoms with Crippen LogP contribution in [0.4, 0.5) is 4.39 Å². The average molecular weight is 104 g/mol. The summed E-state index contributed by atoms with van der Waals surface area (Å²) < 4.78 is 11.3. The van der Waals surface area contributed by atoms with Gasteiger partial charge in [-0.25, -0.2) is 0 Å². The Labute approximate surface area is 42.5 Å². The SMILES string of the molecule is CC(C=O)CCF. The van der Waals surface area contributed by atoms with Crippen LogP contribution < -0.4 is 0 Å². The lowest BCUT2D eigenvalue weighted by molar-refractivity contribution is -0.110. The minimum Gasteiger partial charge on any atom is -0.303 e. The van der Waals surface area contributed by atoms with Crippen LogP contribution in [-0.4, -0.2) is 13.0 Å². The summed E-state index contributed by atoms with van der Waals surface area (Å²) in [5, 5.41) is 0. The van der Waals surface area contributed by atoms with Crippen molar-refractivity contribution in [1.29, 1.82) is 0 Å². The number of aldehydes is 1. The standard InChI is InChI=1S/C5H9FO/c1-5(4-7)2-3-6/h4-5H,2-3H2,1H3. The summed E-state index contributed by atoms with van der Waals surface area (Å²) in [4.78, 5) is 9.73. The van der Waals surface area contributed by atoms with Gasteiger partial charge in [0.05, 0.1) is 6.67 Å². The molecule has 1 atom stereocenters. The normalized spacial score (nSPS) is 13.4. The maximum absolute atomic E-state index is 11.3. The van der Waals surface area contributed by atoms with Gasteiger partial charge < -0.3 is 4.79 Å². The second-order valence-corrected chi connectivity index (χ2v) is 1.59. The minimum absolute atomic E-state index is 0.106. The summed E-state index contributed by atoms with van der Waals surface area (Å²) >= 11 is 0. The van der Waals surface area contributed by atoms with E-state index < -0.39 is 0 Å². The van der Waals surface area contributed by atoms with Crippen molar-refractivity contribution in [2.45, 2.75) is 13.3 Å². The smallest absolute Gasteiger partial charge is 0.122 e. The molecule has 0 aliphatic heterocycles. The number of hydrogen-bond acceptors (Lipinski definition) is 1. The summed E-state index contributed by atoms with van der Waals surface area (Å²) in [7, 11) is 0. The van der Waals surface area contributed by atoms with Gasteiger partial charge >= 0.3 is 0 Å². The predicted octanol–water partition coefficient (Wildman–Crippen LogP) is 1.18. The first-order chi connectivity index (χ1) is 3.31. The van der Waals surface area contributed by atoms with Gasteiger partial charge in [-0.05, 0) is 6.42 Å². The van der Waals surface area contributed by atoms with Crippen LogP contribution in [0.2, 0.25) is 0 Å². The summed E-state index contributed by atoms with van der Waals surface area (Å²) in [6, 6.07) is 0. The van der Waals surface area contributed by atoms with Crippen LogP contribution in [0.5, 0.6) is 0 Å². The van der Waals surface area contributed by atoms with E-state index in [4.69, 9.17) is 0 Å².